The minimum atomic E-state index is -0.484. The molecule has 0 aliphatic heterocycles. The number of fused-ring (bicyclic) bond motifs is 1. The number of esters is 1. The van der Waals surface area contributed by atoms with E-state index in [4.69, 9.17) is 9.47 Å². The number of allylic oxidation sites excluding steroid dienone is 1. The van der Waals surface area contributed by atoms with Crippen molar-refractivity contribution >= 4 is 11.5 Å². The largest absolute Gasteiger partial charge is 0.482 e. The average molecular weight is 288 g/mol. The van der Waals surface area contributed by atoms with E-state index < -0.39 is 5.60 Å². The van der Waals surface area contributed by atoms with Crippen molar-refractivity contribution in [1.29, 1.82) is 0 Å². The van der Waals surface area contributed by atoms with Crippen LogP contribution in [0.5, 0.6) is 5.75 Å². The predicted octanol–water partition coefficient (Wildman–Crippen LogP) is 4.15. The molecule has 0 N–H and O–H groups in total. The number of carbonyl (C=O) groups is 1. The van der Waals surface area contributed by atoms with E-state index in [1.807, 2.05) is 32.9 Å². The first-order chi connectivity index (χ1) is 9.87. The maximum Gasteiger partial charge on any atom is 0.344 e. The Labute approximate surface area is 127 Å². The highest BCUT2D eigenvalue weighted by Crippen LogP contribution is 2.34. The SMILES string of the molecule is C=C1CCCCc2c(OCC(=O)OC(C)(C)C)cccc21. The minimum absolute atomic E-state index is 0.0554. The number of hydrogen-bond donors (Lipinski definition) is 0. The van der Waals surface area contributed by atoms with Crippen LogP contribution in [0, 0.1) is 0 Å². The van der Waals surface area contributed by atoms with Gasteiger partial charge in [0, 0.05) is 5.56 Å². The molecule has 1 aromatic carbocycles. The van der Waals surface area contributed by atoms with Gasteiger partial charge in [-0.3, -0.25) is 0 Å². The Morgan fingerprint density at radius 2 is 1.95 bits per heavy atom. The first kappa shape index (κ1) is 15.6. The molecule has 0 spiro atoms. The van der Waals surface area contributed by atoms with Crippen molar-refractivity contribution < 1.29 is 14.3 Å². The fourth-order valence-corrected chi connectivity index (χ4v) is 2.57. The highest BCUT2D eigenvalue weighted by molar-refractivity contribution is 5.72. The molecule has 21 heavy (non-hydrogen) atoms. The Kier molecular flexibility index (Phi) is 4.71. The Morgan fingerprint density at radius 3 is 2.67 bits per heavy atom. The zero-order chi connectivity index (χ0) is 15.5. The van der Waals surface area contributed by atoms with Crippen molar-refractivity contribution in [3.8, 4) is 5.75 Å². The lowest BCUT2D eigenvalue weighted by atomic mass is 9.99. The number of hydrogen-bond acceptors (Lipinski definition) is 3. The second-order valence-corrected chi connectivity index (χ2v) is 6.47. The van der Waals surface area contributed by atoms with Crippen LogP contribution in [-0.2, 0) is 16.0 Å². The van der Waals surface area contributed by atoms with Gasteiger partial charge in [-0.2, -0.15) is 0 Å². The zero-order valence-corrected chi connectivity index (χ0v) is 13.2. The third-order valence-electron chi connectivity index (χ3n) is 3.43. The van der Waals surface area contributed by atoms with E-state index in [0.717, 1.165) is 37.0 Å². The molecule has 114 valence electrons. The molecule has 1 aliphatic carbocycles. The van der Waals surface area contributed by atoms with Crippen LogP contribution < -0.4 is 4.74 Å². The third kappa shape index (κ3) is 4.35. The molecule has 0 radical (unpaired) electrons. The van der Waals surface area contributed by atoms with Gasteiger partial charge in [-0.1, -0.05) is 18.7 Å². The van der Waals surface area contributed by atoms with Gasteiger partial charge in [0.25, 0.3) is 0 Å². The number of benzene rings is 1. The summed E-state index contributed by atoms with van der Waals surface area (Å²) in [7, 11) is 0. The molecule has 1 aliphatic rings. The molecule has 0 atom stereocenters. The smallest absolute Gasteiger partial charge is 0.344 e. The normalized spacial score (nSPS) is 15.1. The molecule has 0 amide bonds. The summed E-state index contributed by atoms with van der Waals surface area (Å²) in [6, 6.07) is 5.96. The highest BCUT2D eigenvalue weighted by Gasteiger charge is 2.19. The van der Waals surface area contributed by atoms with Gasteiger partial charge >= 0.3 is 5.97 Å². The van der Waals surface area contributed by atoms with Crippen molar-refractivity contribution in [2.45, 2.75) is 52.1 Å². The third-order valence-corrected chi connectivity index (χ3v) is 3.43. The van der Waals surface area contributed by atoms with Crippen LogP contribution in [0.1, 0.15) is 51.2 Å². The lowest BCUT2D eigenvalue weighted by Gasteiger charge is -2.20. The maximum atomic E-state index is 11.8. The lowest BCUT2D eigenvalue weighted by Crippen LogP contribution is -2.27. The predicted molar refractivity (Wildman–Crippen MR) is 84.4 cm³/mol. The molecule has 0 heterocycles. The fraction of sp³-hybridized carbons (Fsp3) is 0.500. The summed E-state index contributed by atoms with van der Waals surface area (Å²) in [5.74, 6) is 0.439. The molecule has 0 saturated carbocycles. The van der Waals surface area contributed by atoms with E-state index in [9.17, 15) is 4.79 Å². The molecule has 3 heteroatoms. The summed E-state index contributed by atoms with van der Waals surface area (Å²) in [6.07, 6.45) is 4.28. The maximum absolute atomic E-state index is 11.8. The van der Waals surface area contributed by atoms with Crippen LogP contribution in [0.25, 0.3) is 5.57 Å². The average Bonchev–Trinajstić information content (AvgIpc) is 2.57. The summed E-state index contributed by atoms with van der Waals surface area (Å²) < 4.78 is 11.0. The molecule has 0 bridgehead atoms. The monoisotopic (exact) mass is 288 g/mol. The van der Waals surface area contributed by atoms with Crippen LogP contribution >= 0.6 is 0 Å². The van der Waals surface area contributed by atoms with E-state index in [0.29, 0.717) is 0 Å². The van der Waals surface area contributed by atoms with Gasteiger partial charge in [0.1, 0.15) is 11.4 Å². The van der Waals surface area contributed by atoms with E-state index >= 15 is 0 Å². The van der Waals surface area contributed by atoms with E-state index in [-0.39, 0.29) is 12.6 Å². The fourth-order valence-electron chi connectivity index (χ4n) is 2.57. The second-order valence-electron chi connectivity index (χ2n) is 6.47. The van der Waals surface area contributed by atoms with E-state index in [2.05, 4.69) is 12.6 Å². The Hall–Kier alpha value is -1.77. The summed E-state index contributed by atoms with van der Waals surface area (Å²) in [5.41, 5.74) is 3.02. The van der Waals surface area contributed by atoms with Gasteiger partial charge < -0.3 is 9.47 Å². The van der Waals surface area contributed by atoms with Crippen molar-refractivity contribution in [3.05, 3.63) is 35.9 Å². The van der Waals surface area contributed by atoms with E-state index in [1.54, 1.807) is 0 Å². The zero-order valence-electron chi connectivity index (χ0n) is 13.2. The second kappa shape index (κ2) is 6.33. The van der Waals surface area contributed by atoms with Crippen LogP contribution in [0.15, 0.2) is 24.8 Å². The van der Waals surface area contributed by atoms with Gasteiger partial charge in [0.15, 0.2) is 6.61 Å². The standard InChI is InChI=1S/C18H24O3/c1-13-8-5-6-9-15-14(13)10-7-11-16(15)20-12-17(19)21-18(2,3)4/h7,10-11H,1,5-6,8-9,12H2,2-4H3. The highest BCUT2D eigenvalue weighted by atomic mass is 16.6. The number of ether oxygens (including phenoxy) is 2. The van der Waals surface area contributed by atoms with Crippen LogP contribution in [0.4, 0.5) is 0 Å². The summed E-state index contributed by atoms with van der Waals surface area (Å²) in [5, 5.41) is 0. The summed E-state index contributed by atoms with van der Waals surface area (Å²) >= 11 is 0. The number of rotatable bonds is 3. The van der Waals surface area contributed by atoms with Gasteiger partial charge in [-0.05, 0) is 63.7 Å². The minimum Gasteiger partial charge on any atom is -0.482 e. The molecule has 0 fully saturated rings. The molecule has 0 unspecified atom stereocenters. The summed E-state index contributed by atoms with van der Waals surface area (Å²) in [4.78, 5) is 11.8. The van der Waals surface area contributed by atoms with Crippen molar-refractivity contribution in [3.63, 3.8) is 0 Å². The molecular formula is C18H24O3. The van der Waals surface area contributed by atoms with Crippen molar-refractivity contribution in [1.82, 2.24) is 0 Å². The first-order valence-electron chi connectivity index (χ1n) is 7.51. The Balaban J connectivity index is 2.09. The van der Waals surface area contributed by atoms with Gasteiger partial charge in [0.2, 0.25) is 0 Å². The molecule has 0 aromatic heterocycles. The molecular weight excluding hydrogens is 264 g/mol. The topological polar surface area (TPSA) is 35.5 Å². The van der Waals surface area contributed by atoms with Gasteiger partial charge in [-0.15, -0.1) is 0 Å². The molecule has 3 nitrogen and oxygen atoms in total. The van der Waals surface area contributed by atoms with Crippen molar-refractivity contribution in [2.24, 2.45) is 0 Å². The van der Waals surface area contributed by atoms with Crippen LogP contribution in [-0.4, -0.2) is 18.2 Å². The quantitative estimate of drug-likeness (QED) is 0.619. The van der Waals surface area contributed by atoms with Crippen LogP contribution in [0.3, 0.4) is 0 Å². The molecule has 1 aromatic rings. The lowest BCUT2D eigenvalue weighted by molar-refractivity contribution is -0.157. The Bertz CT molecular complexity index is 538. The van der Waals surface area contributed by atoms with Gasteiger partial charge in [-0.25, -0.2) is 4.79 Å². The molecule has 0 saturated heterocycles. The molecule has 2 rings (SSSR count). The first-order valence-corrected chi connectivity index (χ1v) is 7.51. The summed E-state index contributed by atoms with van der Waals surface area (Å²) in [6.45, 7) is 9.65. The van der Waals surface area contributed by atoms with E-state index in [1.165, 1.54) is 11.1 Å². The van der Waals surface area contributed by atoms with Gasteiger partial charge in [0.05, 0.1) is 0 Å². The van der Waals surface area contributed by atoms with Crippen LogP contribution in [0.2, 0.25) is 0 Å². The van der Waals surface area contributed by atoms with Crippen molar-refractivity contribution in [2.75, 3.05) is 6.61 Å². The Morgan fingerprint density at radius 1 is 1.24 bits per heavy atom. The number of carbonyl (C=O) groups excluding carboxylic acids is 1.